The molecule has 0 aliphatic carbocycles. The van der Waals surface area contributed by atoms with Crippen LogP contribution in [0, 0.1) is 5.82 Å². The van der Waals surface area contributed by atoms with Crippen molar-refractivity contribution in [2.45, 2.75) is 50.9 Å². The Morgan fingerprint density at radius 3 is 2.53 bits per heavy atom. The molecule has 1 unspecified atom stereocenters. The number of aryl methyl sites for hydroxylation is 1. The molecule has 2 aromatic heterocycles. The molecule has 0 radical (unpaired) electrons. The first-order valence-electron chi connectivity index (χ1n) is 14.9. The van der Waals surface area contributed by atoms with Crippen molar-refractivity contribution in [1.82, 2.24) is 24.3 Å². The molecular weight excluding hydrogens is 622 g/mol. The van der Waals surface area contributed by atoms with Gasteiger partial charge < -0.3 is 24.2 Å². The van der Waals surface area contributed by atoms with Gasteiger partial charge in [0.1, 0.15) is 17.7 Å². The number of anilines is 1. The number of halogens is 1. The molecule has 5 heterocycles. The van der Waals surface area contributed by atoms with Crippen LogP contribution in [0.3, 0.4) is 0 Å². The molecule has 3 aliphatic rings. The number of piperidine rings is 1. The normalized spacial score (nSPS) is 16.3. The Morgan fingerprint density at radius 1 is 1.06 bits per heavy atom. The zero-order chi connectivity index (χ0) is 31.9. The molecule has 12 nitrogen and oxygen atoms in total. The van der Waals surface area contributed by atoms with Gasteiger partial charge in [-0.2, -0.15) is 0 Å². The van der Waals surface area contributed by atoms with Gasteiger partial charge in [-0.25, -0.2) is 19.2 Å². The molecular formula is C32H30FLiN6O6S. The average molecular weight is 653 g/mol. The number of imidazole rings is 1. The molecule has 1 fully saturated rings. The van der Waals surface area contributed by atoms with Gasteiger partial charge in [0.2, 0.25) is 0 Å². The van der Waals surface area contributed by atoms with E-state index in [1.165, 1.54) is 27.2 Å². The first-order chi connectivity index (χ1) is 22.3. The fourth-order valence-corrected chi connectivity index (χ4v) is 6.93. The second kappa shape index (κ2) is 13.3. The number of carboxylic acids is 1. The maximum absolute atomic E-state index is 15.6. The number of hydrogen-bond donors (Lipinski definition) is 2. The second-order valence-electron chi connectivity index (χ2n) is 11.5. The SMILES string of the molecule is O=C(O)C(=O)N1CCC(Oc2ccc(-c3cc(F)c4c(c3)C(=O)N(C(C(=O)Nc3nccs3)c3ncn5c3CCC5)C4)cc2)CC1.[LiH]. The number of rotatable bonds is 7. The van der Waals surface area contributed by atoms with E-state index in [4.69, 9.17) is 9.84 Å². The van der Waals surface area contributed by atoms with Gasteiger partial charge in [-0.15, -0.1) is 11.3 Å². The molecule has 0 bridgehead atoms. The summed E-state index contributed by atoms with van der Waals surface area (Å²) in [5.74, 6) is -3.25. The van der Waals surface area contributed by atoms with Crippen molar-refractivity contribution in [2.24, 2.45) is 0 Å². The van der Waals surface area contributed by atoms with E-state index in [0.29, 0.717) is 53.6 Å². The van der Waals surface area contributed by atoms with Crippen molar-refractivity contribution in [3.8, 4) is 16.9 Å². The zero-order valence-electron chi connectivity index (χ0n) is 24.5. The fraction of sp³-hybridized carbons (Fsp3) is 0.312. The molecule has 3 amide bonds. The van der Waals surface area contributed by atoms with Gasteiger partial charge >= 0.3 is 30.7 Å². The summed E-state index contributed by atoms with van der Waals surface area (Å²) in [4.78, 5) is 61.6. The summed E-state index contributed by atoms with van der Waals surface area (Å²) in [6.07, 6.45) is 5.72. The van der Waals surface area contributed by atoms with Gasteiger partial charge in [0.15, 0.2) is 11.2 Å². The number of amides is 3. The van der Waals surface area contributed by atoms with Gasteiger partial charge in [0.25, 0.3) is 11.8 Å². The maximum atomic E-state index is 15.6. The summed E-state index contributed by atoms with van der Waals surface area (Å²) in [6, 6.07) is 9.03. The van der Waals surface area contributed by atoms with Crippen LogP contribution < -0.4 is 10.1 Å². The molecule has 15 heteroatoms. The summed E-state index contributed by atoms with van der Waals surface area (Å²) in [6.45, 7) is 1.30. The number of likely N-dealkylation sites (tertiary alicyclic amines) is 1. The monoisotopic (exact) mass is 652 g/mol. The summed E-state index contributed by atoms with van der Waals surface area (Å²) >= 11 is 1.26. The number of nitrogens with one attached hydrogen (secondary N) is 1. The van der Waals surface area contributed by atoms with Crippen LogP contribution in [0.2, 0.25) is 0 Å². The van der Waals surface area contributed by atoms with Crippen LogP contribution in [-0.2, 0) is 33.9 Å². The Morgan fingerprint density at radius 2 is 1.83 bits per heavy atom. The predicted octanol–water partition coefficient (Wildman–Crippen LogP) is 3.23. The van der Waals surface area contributed by atoms with Crippen molar-refractivity contribution in [3.63, 3.8) is 0 Å². The number of benzene rings is 2. The van der Waals surface area contributed by atoms with E-state index in [1.54, 1.807) is 48.2 Å². The number of aliphatic carboxylic acids is 1. The third kappa shape index (κ3) is 6.28. The zero-order valence-corrected chi connectivity index (χ0v) is 25.3. The molecule has 0 spiro atoms. The van der Waals surface area contributed by atoms with Crippen LogP contribution in [0.4, 0.5) is 9.52 Å². The molecule has 47 heavy (non-hydrogen) atoms. The molecule has 2 N–H and O–H groups in total. The molecule has 1 atom stereocenters. The Hall–Kier alpha value is -4.51. The summed E-state index contributed by atoms with van der Waals surface area (Å²) in [5.41, 5.74) is 2.98. The molecule has 238 valence electrons. The van der Waals surface area contributed by atoms with Gasteiger partial charge in [-0.1, -0.05) is 12.1 Å². The van der Waals surface area contributed by atoms with Gasteiger partial charge in [-0.05, 0) is 48.2 Å². The van der Waals surface area contributed by atoms with E-state index < -0.39 is 35.5 Å². The molecule has 0 saturated carbocycles. The van der Waals surface area contributed by atoms with Crippen molar-refractivity contribution in [1.29, 1.82) is 0 Å². The number of carbonyl (C=O) groups excluding carboxylic acids is 3. The molecule has 4 aromatic rings. The van der Waals surface area contributed by atoms with E-state index in [9.17, 15) is 19.2 Å². The van der Waals surface area contributed by atoms with Crippen LogP contribution in [0.25, 0.3) is 11.1 Å². The third-order valence-corrected chi connectivity index (χ3v) is 9.38. The topological polar surface area (TPSA) is 147 Å². The molecule has 3 aliphatic heterocycles. The average Bonchev–Trinajstić information content (AvgIpc) is 3.86. The minimum atomic E-state index is -1.47. The van der Waals surface area contributed by atoms with Gasteiger partial charge in [0.05, 0.1) is 18.6 Å². The first-order valence-corrected chi connectivity index (χ1v) is 15.8. The Kier molecular flexibility index (Phi) is 9.18. The van der Waals surface area contributed by atoms with Crippen molar-refractivity contribution in [2.75, 3.05) is 18.4 Å². The Bertz CT molecular complexity index is 1840. The number of carbonyl (C=O) groups is 4. The minimum absolute atomic E-state index is 0. The number of ether oxygens (including phenoxy) is 1. The number of hydrogen-bond acceptors (Lipinski definition) is 8. The van der Waals surface area contributed by atoms with Crippen LogP contribution >= 0.6 is 11.3 Å². The number of aromatic nitrogens is 3. The van der Waals surface area contributed by atoms with Crippen LogP contribution in [0.15, 0.2) is 54.3 Å². The molecule has 2 aromatic carbocycles. The summed E-state index contributed by atoms with van der Waals surface area (Å²) < 4.78 is 23.7. The van der Waals surface area contributed by atoms with E-state index in [1.807, 2.05) is 4.57 Å². The standard InChI is InChI=1S/C32H29FN6O6S.Li.H/c33-24-15-19(18-3-5-20(6-4-18)45-21-7-11-37(12-8-21)30(42)31(43)44)14-22-23(24)16-39(29(22)41)27(28(40)36-32-34-9-13-46-32)26-25-2-1-10-38(25)17-35-26;;/h3-6,9,13-15,17,21,27H,1-2,7-8,10-12,16H2,(H,43,44)(H,34,36,40);;. The Labute approximate surface area is 284 Å². The van der Waals surface area contributed by atoms with E-state index in [2.05, 4.69) is 15.3 Å². The van der Waals surface area contributed by atoms with Crippen molar-refractivity contribution < 1.29 is 33.4 Å². The Balaban J connectivity index is 0.00000386. The molecule has 7 rings (SSSR count). The third-order valence-electron chi connectivity index (χ3n) is 8.69. The van der Waals surface area contributed by atoms with Crippen LogP contribution in [0.1, 0.15) is 52.6 Å². The number of carboxylic acid groups (broad SMARTS) is 1. The van der Waals surface area contributed by atoms with Crippen LogP contribution in [0.5, 0.6) is 5.75 Å². The second-order valence-corrected chi connectivity index (χ2v) is 12.4. The number of nitrogens with zero attached hydrogens (tertiary/aromatic N) is 5. The quantitative estimate of drug-likeness (QED) is 0.229. The summed E-state index contributed by atoms with van der Waals surface area (Å²) in [7, 11) is 0. The summed E-state index contributed by atoms with van der Waals surface area (Å²) in [5, 5.41) is 13.9. The van der Waals surface area contributed by atoms with Crippen molar-refractivity contribution >= 4 is 59.0 Å². The molecule has 1 saturated heterocycles. The predicted molar refractivity (Wildman–Crippen MR) is 171 cm³/mol. The first kappa shape index (κ1) is 32.4. The van der Waals surface area contributed by atoms with Crippen molar-refractivity contribution in [3.05, 3.63) is 82.6 Å². The number of thiazole rings is 1. The fourth-order valence-electron chi connectivity index (χ4n) is 6.40. The van der Waals surface area contributed by atoms with E-state index in [0.717, 1.165) is 25.1 Å². The van der Waals surface area contributed by atoms with Crippen LogP contribution in [-0.4, -0.2) is 91.2 Å². The number of fused-ring (bicyclic) bond motifs is 2. The van der Waals surface area contributed by atoms with Gasteiger partial charge in [0, 0.05) is 60.9 Å². The van der Waals surface area contributed by atoms with Gasteiger partial charge in [-0.3, -0.25) is 19.7 Å². The van der Waals surface area contributed by atoms with E-state index in [-0.39, 0.29) is 42.6 Å². The van der Waals surface area contributed by atoms with E-state index >= 15 is 4.39 Å².